The van der Waals surface area contributed by atoms with Crippen LogP contribution in [0.5, 0.6) is 0 Å². The minimum atomic E-state index is -1.14. The molecule has 0 aliphatic carbocycles. The van der Waals surface area contributed by atoms with Gasteiger partial charge < -0.3 is 0 Å². The van der Waals surface area contributed by atoms with E-state index in [0.29, 0.717) is 0 Å². The van der Waals surface area contributed by atoms with Crippen molar-refractivity contribution in [3.05, 3.63) is 10.2 Å². The molecule has 0 aliphatic rings. The molecule has 2 heteroatoms. The van der Waals surface area contributed by atoms with Gasteiger partial charge in [-0.2, -0.15) is 0 Å². The molecule has 0 nitrogen and oxygen atoms in total. The van der Waals surface area contributed by atoms with Crippen LogP contribution in [-0.2, 0) is 0 Å². The highest BCUT2D eigenvalue weighted by molar-refractivity contribution is 14.1. The van der Waals surface area contributed by atoms with Crippen molar-refractivity contribution in [3.8, 4) is 0 Å². The van der Waals surface area contributed by atoms with E-state index in [1.807, 2.05) is 0 Å². The molecule has 0 heterocycles. The van der Waals surface area contributed by atoms with Crippen molar-refractivity contribution >= 4 is 30.7 Å². The lowest BCUT2D eigenvalue weighted by atomic mass is 10.5. The largest absolute Gasteiger partial charge is 0.0811 e. The van der Waals surface area contributed by atoms with Crippen molar-refractivity contribution in [1.29, 1.82) is 0 Å². The van der Waals surface area contributed by atoms with Crippen LogP contribution in [0.4, 0.5) is 0 Å². The molecule has 0 aromatic carbocycles. The average Bonchev–Trinajstić information content (AvgIpc) is 2.03. The second-order valence-electron chi connectivity index (χ2n) is 5.14. The number of rotatable bonds is 5. The summed E-state index contributed by atoms with van der Waals surface area (Å²) in [7, 11) is -1.14. The van der Waals surface area contributed by atoms with Gasteiger partial charge in [0.25, 0.3) is 0 Å². The zero-order valence-electron chi connectivity index (χ0n) is 10.5. The zero-order valence-corrected chi connectivity index (χ0v) is 13.6. The quantitative estimate of drug-likeness (QED) is 0.455. The van der Waals surface area contributed by atoms with Crippen LogP contribution in [0.25, 0.3) is 0 Å². The molecule has 0 aliphatic heterocycles. The van der Waals surface area contributed by atoms with E-state index >= 15 is 0 Å². The lowest BCUT2D eigenvalue weighted by molar-refractivity contribution is 0.811. The van der Waals surface area contributed by atoms with E-state index in [4.69, 9.17) is 0 Å². The molecule has 0 saturated heterocycles. The summed E-state index contributed by atoms with van der Waals surface area (Å²) in [6.07, 6.45) is 2.38. The lowest BCUT2D eigenvalue weighted by Gasteiger charge is -2.42. The molecule has 0 spiro atoms. The Bertz CT molecular complexity index is 161. The van der Waals surface area contributed by atoms with Gasteiger partial charge in [-0.25, -0.2) is 0 Å². The van der Waals surface area contributed by atoms with Crippen molar-refractivity contribution in [3.63, 3.8) is 0 Å². The van der Waals surface area contributed by atoms with E-state index in [1.54, 1.807) is 0 Å². The fourth-order valence-electron chi connectivity index (χ4n) is 2.96. The first-order valence-corrected chi connectivity index (χ1v) is 9.33. The van der Waals surface area contributed by atoms with Crippen LogP contribution in [0.2, 0.25) is 22.7 Å². The molecule has 84 valence electrons. The van der Waals surface area contributed by atoms with E-state index in [9.17, 15) is 0 Å². The highest BCUT2D eigenvalue weighted by Crippen LogP contribution is 2.44. The molecule has 0 saturated carbocycles. The minimum absolute atomic E-state index is 0.884. The Labute approximate surface area is 105 Å². The van der Waals surface area contributed by atoms with Crippen molar-refractivity contribution in [2.24, 2.45) is 0 Å². The van der Waals surface area contributed by atoms with E-state index in [1.165, 1.54) is 6.04 Å². The van der Waals surface area contributed by atoms with E-state index in [0.717, 1.165) is 16.6 Å². The topological polar surface area (TPSA) is 0 Å². The van der Waals surface area contributed by atoms with Gasteiger partial charge in [-0.1, -0.05) is 86.8 Å². The third-order valence-electron chi connectivity index (χ3n) is 3.79. The predicted octanol–water partition coefficient (Wildman–Crippen LogP) is 5.61. The van der Waals surface area contributed by atoms with Crippen molar-refractivity contribution < 1.29 is 0 Å². The standard InChI is InChI=1S/C12H25ISi/c1-10(2)14(11(3)4,12(5)6)9-7-8-13/h7-8,10-12H,9H2,1-6H3/b8-7+. The van der Waals surface area contributed by atoms with Crippen molar-refractivity contribution in [2.45, 2.75) is 64.2 Å². The minimum Gasteiger partial charge on any atom is -0.0811 e. The van der Waals surface area contributed by atoms with Gasteiger partial charge in [0.1, 0.15) is 0 Å². The fourth-order valence-corrected chi connectivity index (χ4v) is 9.63. The maximum Gasteiger partial charge on any atom is 0.0650 e. The van der Waals surface area contributed by atoms with Gasteiger partial charge in [0, 0.05) is 0 Å². The Morgan fingerprint density at radius 1 is 0.929 bits per heavy atom. The molecule has 0 radical (unpaired) electrons. The number of allylic oxidation sites excluding steroid dienone is 1. The lowest BCUT2D eigenvalue weighted by Crippen LogP contribution is -2.43. The second-order valence-corrected chi connectivity index (χ2v) is 12.0. The van der Waals surface area contributed by atoms with E-state index in [2.05, 4.69) is 74.3 Å². The van der Waals surface area contributed by atoms with Gasteiger partial charge in [0.15, 0.2) is 0 Å². The molecular formula is C12H25ISi. The molecule has 0 amide bonds. The van der Waals surface area contributed by atoms with Gasteiger partial charge in [-0.05, 0) is 10.1 Å². The maximum atomic E-state index is 2.42. The summed E-state index contributed by atoms with van der Waals surface area (Å²) in [6.45, 7) is 14.5. The number of halogens is 1. The Morgan fingerprint density at radius 2 is 1.29 bits per heavy atom. The van der Waals surface area contributed by atoms with Crippen LogP contribution in [0.1, 0.15) is 41.5 Å². The highest BCUT2D eigenvalue weighted by Gasteiger charge is 2.41. The van der Waals surface area contributed by atoms with Crippen LogP contribution in [0.15, 0.2) is 10.2 Å². The van der Waals surface area contributed by atoms with Crippen molar-refractivity contribution in [1.82, 2.24) is 0 Å². The third-order valence-corrected chi connectivity index (χ3v) is 11.7. The normalized spacial score (nSPS) is 13.9. The predicted molar refractivity (Wildman–Crippen MR) is 79.0 cm³/mol. The SMILES string of the molecule is CC(C)[Si](C/C=C/I)(C(C)C)C(C)C. The Morgan fingerprint density at radius 3 is 1.50 bits per heavy atom. The fraction of sp³-hybridized carbons (Fsp3) is 0.833. The summed E-state index contributed by atoms with van der Waals surface area (Å²) in [6, 6.07) is 1.35. The summed E-state index contributed by atoms with van der Waals surface area (Å²) in [4.78, 5) is 0. The van der Waals surface area contributed by atoms with Crippen LogP contribution in [0.3, 0.4) is 0 Å². The molecule has 0 unspecified atom stereocenters. The monoisotopic (exact) mass is 324 g/mol. The van der Waals surface area contributed by atoms with Crippen LogP contribution in [0, 0.1) is 0 Å². The first kappa shape index (κ1) is 14.7. The molecule has 0 aromatic heterocycles. The van der Waals surface area contributed by atoms with E-state index < -0.39 is 8.07 Å². The summed E-state index contributed by atoms with van der Waals surface area (Å²) >= 11 is 2.34. The van der Waals surface area contributed by atoms with Crippen LogP contribution in [-0.4, -0.2) is 8.07 Å². The molecule has 0 bridgehead atoms. The van der Waals surface area contributed by atoms with Gasteiger partial charge >= 0.3 is 0 Å². The molecule has 0 atom stereocenters. The molecule has 0 aromatic rings. The first-order chi connectivity index (χ1) is 6.39. The Kier molecular flexibility index (Phi) is 6.62. The number of hydrogen-bond donors (Lipinski definition) is 0. The molecular weight excluding hydrogens is 299 g/mol. The van der Waals surface area contributed by atoms with Gasteiger partial charge in [0.05, 0.1) is 8.07 Å². The summed E-state index contributed by atoms with van der Waals surface area (Å²) in [5.74, 6) is 0. The van der Waals surface area contributed by atoms with Crippen LogP contribution < -0.4 is 0 Å². The average molecular weight is 324 g/mol. The van der Waals surface area contributed by atoms with Gasteiger partial charge in [-0.15, -0.1) is 0 Å². The molecule has 0 fully saturated rings. The van der Waals surface area contributed by atoms with E-state index in [-0.39, 0.29) is 0 Å². The molecule has 14 heavy (non-hydrogen) atoms. The summed E-state index contributed by atoms with van der Waals surface area (Å²) < 4.78 is 2.19. The first-order valence-electron chi connectivity index (χ1n) is 5.64. The summed E-state index contributed by atoms with van der Waals surface area (Å²) in [5, 5.41) is 0. The molecule has 0 N–H and O–H groups in total. The zero-order chi connectivity index (χ0) is 11.4. The Balaban J connectivity index is 4.94. The van der Waals surface area contributed by atoms with Gasteiger partial charge in [-0.3, -0.25) is 0 Å². The van der Waals surface area contributed by atoms with Crippen LogP contribution >= 0.6 is 22.6 Å². The smallest absolute Gasteiger partial charge is 0.0650 e. The number of hydrogen-bond acceptors (Lipinski definition) is 0. The third kappa shape index (κ3) is 3.09. The van der Waals surface area contributed by atoms with Crippen molar-refractivity contribution in [2.75, 3.05) is 0 Å². The van der Waals surface area contributed by atoms with Gasteiger partial charge in [0.2, 0.25) is 0 Å². The molecule has 0 rings (SSSR count). The summed E-state index contributed by atoms with van der Waals surface area (Å²) in [5.41, 5.74) is 2.65. The second kappa shape index (κ2) is 6.31. The Hall–Kier alpha value is 0.687. The maximum absolute atomic E-state index is 2.42. The highest BCUT2D eigenvalue weighted by atomic mass is 127.